The summed E-state index contributed by atoms with van der Waals surface area (Å²) in [5.74, 6) is -0.772. The van der Waals surface area contributed by atoms with E-state index >= 15 is 0 Å². The molecule has 0 saturated heterocycles. The Morgan fingerprint density at radius 3 is 2.65 bits per heavy atom. The number of aryl methyl sites for hydroxylation is 3. The van der Waals surface area contributed by atoms with Crippen molar-refractivity contribution in [2.24, 2.45) is 7.05 Å². The molecule has 1 aliphatic rings. The van der Waals surface area contributed by atoms with Gasteiger partial charge in [-0.25, -0.2) is 4.57 Å². The van der Waals surface area contributed by atoms with Gasteiger partial charge in [0.15, 0.2) is 6.20 Å². The lowest BCUT2D eigenvalue weighted by atomic mass is 9.93. The molecule has 0 atom stereocenters. The Balaban J connectivity index is 2.24. The van der Waals surface area contributed by atoms with Crippen LogP contribution in [0.5, 0.6) is 0 Å². The van der Waals surface area contributed by atoms with Gasteiger partial charge in [0.25, 0.3) is 0 Å². The van der Waals surface area contributed by atoms with Crippen molar-refractivity contribution in [2.45, 2.75) is 45.4 Å². The normalized spacial score (nSPS) is 20.9. The molecule has 20 heavy (non-hydrogen) atoms. The molecule has 0 N–H and O–H groups in total. The van der Waals surface area contributed by atoms with Crippen LogP contribution >= 0.6 is 0 Å². The van der Waals surface area contributed by atoms with Gasteiger partial charge in [0.1, 0.15) is 7.05 Å². The summed E-state index contributed by atoms with van der Waals surface area (Å²) in [6.45, 7) is -0.182. The number of hydrogen-bond acceptors (Lipinski definition) is 0. The molecule has 0 radical (unpaired) electrons. The summed E-state index contributed by atoms with van der Waals surface area (Å²) in [6, 6.07) is 9.77. The zero-order valence-electron chi connectivity index (χ0n) is 16.2. The molecule has 1 aromatic heterocycles. The van der Waals surface area contributed by atoms with E-state index in [0.717, 1.165) is 42.5 Å². The molecule has 104 valence electrons. The Labute approximate surface area is 127 Å². The lowest BCUT2D eigenvalue weighted by Crippen LogP contribution is -2.32. The van der Waals surface area contributed by atoms with E-state index in [2.05, 4.69) is 0 Å². The van der Waals surface area contributed by atoms with E-state index in [1.807, 2.05) is 49.0 Å². The second-order valence-corrected chi connectivity index (χ2v) is 5.72. The maximum Gasteiger partial charge on any atom is 0.212 e. The summed E-state index contributed by atoms with van der Waals surface area (Å²) < 4.78 is 34.7. The number of hydrogen-bond donors (Lipinski definition) is 0. The molecule has 1 nitrogen and oxygen atoms in total. The smallest absolute Gasteiger partial charge is 0.201 e. The number of aromatic nitrogens is 1. The minimum absolute atomic E-state index is 0.329. The highest BCUT2D eigenvalue weighted by atomic mass is 14.9. The molecule has 3 rings (SSSR count). The maximum absolute atomic E-state index is 8.79. The molecule has 1 fully saturated rings. The van der Waals surface area contributed by atoms with Crippen molar-refractivity contribution < 1.29 is 10.1 Å². The van der Waals surface area contributed by atoms with Gasteiger partial charge in [-0.1, -0.05) is 31.0 Å². The lowest BCUT2D eigenvalue weighted by Gasteiger charge is -2.13. The zero-order chi connectivity index (χ0) is 17.5. The standard InChI is InChI=1S/C19H24N/c1-14-8-4-7-11-17(14)19-12-15(2)18(13-20(19)3)16-9-5-6-10-16/h4,7-8,11-13,16H,5-6,9-10H2,1-3H3/q+1/i2D3,16D. The second-order valence-electron chi connectivity index (χ2n) is 5.72. The fraction of sp³-hybridized carbons (Fsp3) is 0.421. The van der Waals surface area contributed by atoms with Crippen LogP contribution in [0.1, 0.15) is 53.8 Å². The summed E-state index contributed by atoms with van der Waals surface area (Å²) >= 11 is 0. The van der Waals surface area contributed by atoms with Crippen molar-refractivity contribution in [2.75, 3.05) is 0 Å². The highest BCUT2D eigenvalue weighted by Gasteiger charge is 2.23. The average Bonchev–Trinajstić information content (AvgIpc) is 2.95. The van der Waals surface area contributed by atoms with E-state index in [1.54, 1.807) is 6.07 Å². The molecule has 1 saturated carbocycles. The molecule has 1 aromatic carbocycles. The fourth-order valence-corrected chi connectivity index (χ4v) is 3.13. The van der Waals surface area contributed by atoms with Gasteiger partial charge in [0, 0.05) is 22.7 Å². The molecule has 1 aliphatic carbocycles. The Kier molecular flexibility index (Phi) is 2.52. The fourth-order valence-electron chi connectivity index (χ4n) is 3.13. The first-order valence-electron chi connectivity index (χ1n) is 9.33. The van der Waals surface area contributed by atoms with Gasteiger partial charge in [0.05, 0.1) is 0 Å². The van der Waals surface area contributed by atoms with Crippen molar-refractivity contribution in [3.8, 4) is 11.3 Å². The van der Waals surface area contributed by atoms with Crippen LogP contribution in [0, 0.1) is 13.8 Å². The van der Waals surface area contributed by atoms with Gasteiger partial charge in [-0.05, 0) is 49.7 Å². The first-order chi connectivity index (χ1) is 11.2. The summed E-state index contributed by atoms with van der Waals surface area (Å²) in [7, 11) is 1.94. The minimum atomic E-state index is -2.21. The summed E-state index contributed by atoms with van der Waals surface area (Å²) in [5.41, 5.74) is 4.02. The molecule has 1 heteroatoms. The third-order valence-corrected chi connectivity index (χ3v) is 4.28. The molecule has 0 bridgehead atoms. The van der Waals surface area contributed by atoms with E-state index in [9.17, 15) is 0 Å². The van der Waals surface area contributed by atoms with Gasteiger partial charge in [-0.3, -0.25) is 0 Å². The van der Waals surface area contributed by atoms with Gasteiger partial charge < -0.3 is 0 Å². The third kappa shape index (κ3) is 2.37. The van der Waals surface area contributed by atoms with Crippen LogP contribution in [0.3, 0.4) is 0 Å². The zero-order valence-corrected chi connectivity index (χ0v) is 12.2. The summed E-state index contributed by atoms with van der Waals surface area (Å²) in [5, 5.41) is 0. The van der Waals surface area contributed by atoms with E-state index in [0.29, 0.717) is 11.1 Å². The predicted octanol–water partition coefficient (Wildman–Crippen LogP) is 4.45. The van der Waals surface area contributed by atoms with Crippen LogP contribution in [0.2, 0.25) is 0 Å². The minimum Gasteiger partial charge on any atom is -0.201 e. The molecule has 1 heterocycles. The molecule has 0 amide bonds. The Hall–Kier alpha value is -1.63. The maximum atomic E-state index is 8.79. The first-order valence-corrected chi connectivity index (χ1v) is 7.33. The van der Waals surface area contributed by atoms with Crippen molar-refractivity contribution in [3.63, 3.8) is 0 Å². The second kappa shape index (κ2) is 5.40. The SMILES string of the molecule is [2H]C([2H])([2H])c1cc(-c2ccccc2C)[n+](C)cc1C1([2H])CCCC1. The highest BCUT2D eigenvalue weighted by Crippen LogP contribution is 2.35. The van der Waals surface area contributed by atoms with Crippen LogP contribution in [-0.2, 0) is 7.05 Å². The summed E-state index contributed by atoms with van der Waals surface area (Å²) in [4.78, 5) is 0. The van der Waals surface area contributed by atoms with Crippen LogP contribution < -0.4 is 4.57 Å². The topological polar surface area (TPSA) is 3.88 Å². The van der Waals surface area contributed by atoms with Gasteiger partial charge in [-0.2, -0.15) is 0 Å². The van der Waals surface area contributed by atoms with Crippen LogP contribution in [-0.4, -0.2) is 0 Å². The van der Waals surface area contributed by atoms with Crippen molar-refractivity contribution in [3.05, 3.63) is 53.2 Å². The Morgan fingerprint density at radius 1 is 1.20 bits per heavy atom. The molecule has 0 unspecified atom stereocenters. The molecular weight excluding hydrogens is 242 g/mol. The van der Waals surface area contributed by atoms with Gasteiger partial charge >= 0.3 is 0 Å². The average molecular weight is 270 g/mol. The Morgan fingerprint density at radius 2 is 1.95 bits per heavy atom. The van der Waals surface area contributed by atoms with E-state index in [4.69, 9.17) is 5.48 Å². The molecule has 2 aromatic rings. The largest absolute Gasteiger partial charge is 0.212 e. The number of rotatable bonds is 2. The van der Waals surface area contributed by atoms with E-state index in [-0.39, 0.29) is 0 Å². The molecule has 0 aliphatic heterocycles. The quantitative estimate of drug-likeness (QED) is 0.710. The first kappa shape index (κ1) is 9.33. The lowest BCUT2D eigenvalue weighted by molar-refractivity contribution is -0.661. The van der Waals surface area contributed by atoms with Crippen molar-refractivity contribution in [1.82, 2.24) is 0 Å². The number of pyridine rings is 1. The molecule has 0 spiro atoms. The number of nitrogens with zero attached hydrogens (tertiary/aromatic N) is 1. The number of benzene rings is 1. The highest BCUT2D eigenvalue weighted by molar-refractivity contribution is 5.61. The van der Waals surface area contributed by atoms with Crippen molar-refractivity contribution >= 4 is 0 Å². The van der Waals surface area contributed by atoms with Gasteiger partial charge in [0.2, 0.25) is 5.69 Å². The van der Waals surface area contributed by atoms with Crippen LogP contribution in [0.15, 0.2) is 36.5 Å². The van der Waals surface area contributed by atoms with Crippen molar-refractivity contribution in [1.29, 1.82) is 0 Å². The van der Waals surface area contributed by atoms with Crippen LogP contribution in [0.25, 0.3) is 11.3 Å². The van der Waals surface area contributed by atoms with E-state index < -0.39 is 12.7 Å². The molecular formula is C19H24N+. The van der Waals surface area contributed by atoms with E-state index in [1.165, 1.54) is 0 Å². The predicted molar refractivity (Wildman–Crippen MR) is 83.7 cm³/mol. The third-order valence-electron chi connectivity index (χ3n) is 4.28. The summed E-state index contributed by atoms with van der Waals surface area (Å²) in [6.07, 6.45) is 5.34. The van der Waals surface area contributed by atoms with Crippen LogP contribution in [0.4, 0.5) is 0 Å². The Bertz CT molecular complexity index is 758. The van der Waals surface area contributed by atoms with Gasteiger partial charge in [-0.15, -0.1) is 0 Å². The monoisotopic (exact) mass is 270 g/mol.